The summed E-state index contributed by atoms with van der Waals surface area (Å²) >= 11 is 0. The Bertz CT molecular complexity index is 533. The molecular formula is C17H25NO3. The first-order valence-electron chi connectivity index (χ1n) is 7.34. The largest absolute Gasteiger partial charge is 0.481 e. The molecule has 0 radical (unpaired) electrons. The number of nitrogens with one attached hydrogen (secondary N) is 1. The summed E-state index contributed by atoms with van der Waals surface area (Å²) in [5.41, 5.74) is 6.37. The van der Waals surface area contributed by atoms with E-state index in [0.717, 1.165) is 27.8 Å². The van der Waals surface area contributed by atoms with Crippen molar-refractivity contribution in [2.45, 2.75) is 53.9 Å². The Morgan fingerprint density at radius 2 is 1.33 bits per heavy atom. The summed E-state index contributed by atoms with van der Waals surface area (Å²) in [4.78, 5) is 22.8. The number of carbonyl (C=O) groups excluding carboxylic acids is 1. The van der Waals surface area contributed by atoms with E-state index in [1.165, 1.54) is 5.56 Å². The number of carbonyl (C=O) groups is 2. The third kappa shape index (κ3) is 4.06. The van der Waals surface area contributed by atoms with Crippen LogP contribution in [0.4, 0.5) is 0 Å². The molecule has 1 rings (SSSR count). The zero-order valence-corrected chi connectivity index (χ0v) is 13.6. The fraction of sp³-hybridized carbons (Fsp3) is 0.529. The van der Waals surface area contributed by atoms with Gasteiger partial charge in [-0.2, -0.15) is 0 Å². The lowest BCUT2D eigenvalue weighted by Crippen LogP contribution is -2.27. The van der Waals surface area contributed by atoms with Crippen LogP contribution >= 0.6 is 0 Å². The highest BCUT2D eigenvalue weighted by atomic mass is 16.4. The minimum absolute atomic E-state index is 0.0634. The fourth-order valence-electron chi connectivity index (χ4n) is 2.53. The predicted octanol–water partition coefficient (Wildman–Crippen LogP) is 3.21. The first-order valence-corrected chi connectivity index (χ1v) is 7.34. The Morgan fingerprint density at radius 1 is 0.857 bits per heavy atom. The van der Waals surface area contributed by atoms with Crippen molar-refractivity contribution in [1.29, 1.82) is 0 Å². The highest BCUT2D eigenvalue weighted by Gasteiger charge is 2.17. The maximum atomic E-state index is 12.4. The van der Waals surface area contributed by atoms with E-state index in [2.05, 4.69) is 12.2 Å². The quantitative estimate of drug-likeness (QED) is 0.791. The van der Waals surface area contributed by atoms with Crippen LogP contribution in [0.5, 0.6) is 0 Å². The molecule has 0 aliphatic carbocycles. The van der Waals surface area contributed by atoms with E-state index in [1.54, 1.807) is 0 Å². The van der Waals surface area contributed by atoms with Crippen molar-refractivity contribution in [2.75, 3.05) is 6.54 Å². The molecule has 2 N–H and O–H groups in total. The van der Waals surface area contributed by atoms with E-state index in [-0.39, 0.29) is 12.3 Å². The van der Waals surface area contributed by atoms with Gasteiger partial charge in [-0.05, 0) is 75.3 Å². The van der Waals surface area contributed by atoms with Crippen LogP contribution in [0.2, 0.25) is 0 Å². The zero-order chi connectivity index (χ0) is 16.2. The van der Waals surface area contributed by atoms with Crippen molar-refractivity contribution in [2.24, 2.45) is 0 Å². The number of amides is 1. The number of unbranched alkanes of at least 4 members (excludes halogenated alkanes) is 1. The lowest BCUT2D eigenvalue weighted by atomic mass is 9.89. The first-order chi connectivity index (χ1) is 9.77. The zero-order valence-electron chi connectivity index (χ0n) is 13.6. The van der Waals surface area contributed by atoms with Gasteiger partial charge in [0, 0.05) is 18.5 Å². The molecule has 0 spiro atoms. The normalized spacial score (nSPS) is 10.5. The van der Waals surface area contributed by atoms with Crippen molar-refractivity contribution in [1.82, 2.24) is 5.32 Å². The summed E-state index contributed by atoms with van der Waals surface area (Å²) in [6.07, 6.45) is 1.41. The lowest BCUT2D eigenvalue weighted by molar-refractivity contribution is -0.137. The molecule has 21 heavy (non-hydrogen) atoms. The molecule has 0 aromatic heterocycles. The van der Waals surface area contributed by atoms with Crippen LogP contribution in [0.15, 0.2) is 0 Å². The molecule has 0 aliphatic heterocycles. The van der Waals surface area contributed by atoms with Gasteiger partial charge >= 0.3 is 5.97 Å². The molecule has 0 saturated carbocycles. The van der Waals surface area contributed by atoms with Gasteiger partial charge in [-0.3, -0.25) is 9.59 Å². The minimum atomic E-state index is -0.794. The summed E-state index contributed by atoms with van der Waals surface area (Å²) in [5, 5.41) is 11.5. The lowest BCUT2D eigenvalue weighted by Gasteiger charge is -2.18. The first kappa shape index (κ1) is 17.2. The van der Waals surface area contributed by atoms with Crippen molar-refractivity contribution in [3.05, 3.63) is 33.4 Å². The smallest absolute Gasteiger partial charge is 0.303 e. The molecule has 116 valence electrons. The second-order valence-electron chi connectivity index (χ2n) is 5.61. The Balaban J connectivity index is 2.77. The second kappa shape index (κ2) is 7.25. The van der Waals surface area contributed by atoms with E-state index in [1.807, 2.05) is 27.7 Å². The van der Waals surface area contributed by atoms with Gasteiger partial charge in [0.1, 0.15) is 0 Å². The van der Waals surface area contributed by atoms with Crippen LogP contribution in [-0.2, 0) is 4.79 Å². The number of aliphatic carboxylic acids is 1. The van der Waals surface area contributed by atoms with E-state index in [9.17, 15) is 9.59 Å². The molecule has 0 atom stereocenters. The average Bonchev–Trinajstić information content (AvgIpc) is 2.42. The van der Waals surface area contributed by atoms with Gasteiger partial charge < -0.3 is 10.4 Å². The number of rotatable bonds is 6. The Hall–Kier alpha value is -1.84. The maximum Gasteiger partial charge on any atom is 0.303 e. The summed E-state index contributed by atoms with van der Waals surface area (Å²) in [7, 11) is 0. The van der Waals surface area contributed by atoms with E-state index >= 15 is 0 Å². The molecule has 0 bridgehead atoms. The standard InChI is InChI=1S/C17H25NO3/c1-10-11(2)13(4)16(14(5)12(10)3)17(21)18-9-7-6-8-15(19)20/h6-9H2,1-5H3,(H,18,21)(H,19,20). The Morgan fingerprint density at radius 3 is 1.81 bits per heavy atom. The molecule has 4 nitrogen and oxygen atoms in total. The molecular weight excluding hydrogens is 266 g/mol. The summed E-state index contributed by atoms with van der Waals surface area (Å²) < 4.78 is 0. The Kier molecular flexibility index (Phi) is 5.94. The van der Waals surface area contributed by atoms with Crippen molar-refractivity contribution < 1.29 is 14.7 Å². The van der Waals surface area contributed by atoms with Crippen molar-refractivity contribution in [3.8, 4) is 0 Å². The van der Waals surface area contributed by atoms with Gasteiger partial charge in [0.05, 0.1) is 0 Å². The highest BCUT2D eigenvalue weighted by molar-refractivity contribution is 5.98. The third-order valence-corrected chi connectivity index (χ3v) is 4.33. The molecule has 1 aromatic rings. The molecule has 1 aromatic carbocycles. The van der Waals surface area contributed by atoms with Gasteiger partial charge in [0.2, 0.25) is 0 Å². The molecule has 4 heteroatoms. The van der Waals surface area contributed by atoms with Gasteiger partial charge in [0.25, 0.3) is 5.91 Å². The number of carboxylic acid groups (broad SMARTS) is 1. The van der Waals surface area contributed by atoms with Crippen LogP contribution in [0.3, 0.4) is 0 Å². The van der Waals surface area contributed by atoms with Gasteiger partial charge in [-0.1, -0.05) is 0 Å². The van der Waals surface area contributed by atoms with Crippen LogP contribution < -0.4 is 5.32 Å². The van der Waals surface area contributed by atoms with Crippen LogP contribution in [0, 0.1) is 34.6 Å². The number of benzene rings is 1. The van der Waals surface area contributed by atoms with E-state index in [0.29, 0.717) is 19.4 Å². The fourth-order valence-corrected chi connectivity index (χ4v) is 2.53. The molecule has 0 fully saturated rings. The third-order valence-electron chi connectivity index (χ3n) is 4.33. The van der Waals surface area contributed by atoms with Crippen LogP contribution in [0.1, 0.15) is 57.4 Å². The highest BCUT2D eigenvalue weighted by Crippen LogP contribution is 2.25. The monoisotopic (exact) mass is 291 g/mol. The summed E-state index contributed by atoms with van der Waals surface area (Å²) in [6.45, 7) is 10.6. The van der Waals surface area contributed by atoms with E-state index in [4.69, 9.17) is 5.11 Å². The second-order valence-corrected chi connectivity index (χ2v) is 5.61. The number of hydrogen-bond donors (Lipinski definition) is 2. The van der Waals surface area contributed by atoms with Crippen LogP contribution in [-0.4, -0.2) is 23.5 Å². The van der Waals surface area contributed by atoms with Gasteiger partial charge in [0.15, 0.2) is 0 Å². The number of hydrogen-bond acceptors (Lipinski definition) is 2. The SMILES string of the molecule is Cc1c(C)c(C)c(C(=O)NCCCCC(=O)O)c(C)c1C. The molecule has 0 unspecified atom stereocenters. The minimum Gasteiger partial charge on any atom is -0.481 e. The molecule has 0 heterocycles. The Labute approximate surface area is 126 Å². The molecule has 0 aliphatic rings. The average molecular weight is 291 g/mol. The summed E-state index contributed by atoms with van der Waals surface area (Å²) in [5.74, 6) is -0.857. The van der Waals surface area contributed by atoms with Crippen molar-refractivity contribution in [3.63, 3.8) is 0 Å². The van der Waals surface area contributed by atoms with Crippen LogP contribution in [0.25, 0.3) is 0 Å². The van der Waals surface area contributed by atoms with Gasteiger partial charge in [-0.15, -0.1) is 0 Å². The maximum absolute atomic E-state index is 12.4. The molecule has 0 saturated heterocycles. The number of carboxylic acids is 1. The summed E-state index contributed by atoms with van der Waals surface area (Å²) in [6, 6.07) is 0. The predicted molar refractivity (Wildman–Crippen MR) is 83.9 cm³/mol. The molecule has 1 amide bonds. The van der Waals surface area contributed by atoms with E-state index < -0.39 is 5.97 Å². The van der Waals surface area contributed by atoms with Crippen molar-refractivity contribution >= 4 is 11.9 Å². The van der Waals surface area contributed by atoms with Gasteiger partial charge in [-0.25, -0.2) is 0 Å². The topological polar surface area (TPSA) is 66.4 Å².